The molecule has 5 rings (SSSR count). The average molecular weight is 553 g/mol. The second-order valence-electron chi connectivity index (χ2n) is 8.49. The maximum Gasteiger partial charge on any atom is 0.573 e. The number of alkyl halides is 3. The van der Waals surface area contributed by atoms with Crippen molar-refractivity contribution in [3.8, 4) is 22.8 Å². The fraction of sp³-hybridized carbons (Fsp3) is 0.185. The molecule has 0 saturated carbocycles. The molecule has 2 heterocycles. The lowest BCUT2D eigenvalue weighted by Crippen LogP contribution is -2.33. The van der Waals surface area contributed by atoms with Gasteiger partial charge < -0.3 is 14.7 Å². The standard InChI is InChI=1S/C27H23F3N6O2S/c28-27(29,30)38-24-11-9-22(10-12-24)36-18-31-25(34-36)21-7-5-19(6-8-21)16-32-33-26-35(13-2-14-39-26)23-4-1-3-20(15-23)17-37/h1,3-12,15-16,18,37H,2,13-14,17H2. The molecule has 39 heavy (non-hydrogen) atoms. The predicted molar refractivity (Wildman–Crippen MR) is 145 cm³/mol. The van der Waals surface area contributed by atoms with Gasteiger partial charge in [0.2, 0.25) is 0 Å². The van der Waals surface area contributed by atoms with E-state index >= 15 is 0 Å². The largest absolute Gasteiger partial charge is 0.573 e. The van der Waals surface area contributed by atoms with E-state index in [1.807, 2.05) is 48.5 Å². The van der Waals surface area contributed by atoms with Crippen LogP contribution in [-0.2, 0) is 6.61 Å². The Morgan fingerprint density at radius 1 is 1.03 bits per heavy atom. The van der Waals surface area contributed by atoms with Crippen LogP contribution >= 0.6 is 11.8 Å². The fourth-order valence-corrected chi connectivity index (χ4v) is 4.80. The molecule has 4 aromatic rings. The molecule has 0 spiro atoms. The van der Waals surface area contributed by atoms with Gasteiger partial charge in [-0.25, -0.2) is 9.67 Å². The number of hydrogen-bond donors (Lipinski definition) is 1. The Labute approximate surface area is 226 Å². The summed E-state index contributed by atoms with van der Waals surface area (Å²) in [4.78, 5) is 6.41. The number of benzene rings is 3. The number of nitrogens with zero attached hydrogens (tertiary/aromatic N) is 6. The number of hydrogen-bond acceptors (Lipinski definition) is 7. The first-order valence-electron chi connectivity index (χ1n) is 12.0. The van der Waals surface area contributed by atoms with Gasteiger partial charge in [0.05, 0.1) is 18.5 Å². The van der Waals surface area contributed by atoms with Crippen molar-refractivity contribution in [2.24, 2.45) is 10.2 Å². The number of halogens is 3. The van der Waals surface area contributed by atoms with Crippen molar-refractivity contribution in [1.82, 2.24) is 14.8 Å². The van der Waals surface area contributed by atoms with Crippen LogP contribution in [0.1, 0.15) is 17.5 Å². The highest BCUT2D eigenvalue weighted by Crippen LogP contribution is 2.26. The Morgan fingerprint density at radius 3 is 2.56 bits per heavy atom. The predicted octanol–water partition coefficient (Wildman–Crippen LogP) is 5.66. The molecule has 1 N–H and O–H groups in total. The summed E-state index contributed by atoms with van der Waals surface area (Å²) in [5.41, 5.74) is 3.98. The SMILES string of the molecule is OCc1cccc(N2CCCSC2=NN=Cc2ccc(-c3ncn(-c4ccc(OC(F)(F)F)cc4)n3)cc2)c1. The minimum atomic E-state index is -4.74. The Morgan fingerprint density at radius 2 is 1.82 bits per heavy atom. The van der Waals surface area contributed by atoms with Crippen LogP contribution in [0.4, 0.5) is 18.9 Å². The van der Waals surface area contributed by atoms with Crippen LogP contribution in [0.15, 0.2) is 89.3 Å². The van der Waals surface area contributed by atoms with Crippen LogP contribution in [0.25, 0.3) is 17.1 Å². The van der Waals surface area contributed by atoms with E-state index in [1.165, 1.54) is 35.3 Å². The minimum absolute atomic E-state index is 0.0148. The van der Waals surface area contributed by atoms with E-state index in [1.54, 1.807) is 18.0 Å². The number of ether oxygens (including phenoxy) is 1. The summed E-state index contributed by atoms with van der Waals surface area (Å²) in [6.07, 6.45) is -0.552. The molecule has 200 valence electrons. The topological polar surface area (TPSA) is 88.1 Å². The van der Waals surface area contributed by atoms with E-state index in [2.05, 4.69) is 29.9 Å². The first-order chi connectivity index (χ1) is 18.9. The molecule has 0 atom stereocenters. The highest BCUT2D eigenvalue weighted by atomic mass is 32.2. The lowest BCUT2D eigenvalue weighted by atomic mass is 10.1. The van der Waals surface area contributed by atoms with Crippen molar-refractivity contribution >= 4 is 28.8 Å². The lowest BCUT2D eigenvalue weighted by molar-refractivity contribution is -0.274. The quantitative estimate of drug-likeness (QED) is 0.235. The molecule has 0 radical (unpaired) electrons. The van der Waals surface area contributed by atoms with Gasteiger partial charge in [-0.2, -0.15) is 5.10 Å². The smallest absolute Gasteiger partial charge is 0.406 e. The molecule has 1 aliphatic rings. The zero-order valence-corrected chi connectivity index (χ0v) is 21.3. The summed E-state index contributed by atoms with van der Waals surface area (Å²) in [6, 6.07) is 20.6. The number of aliphatic hydroxyl groups excluding tert-OH is 1. The second-order valence-corrected chi connectivity index (χ2v) is 9.55. The van der Waals surface area contributed by atoms with E-state index < -0.39 is 6.36 Å². The number of thioether (sulfide) groups is 1. The molecular weight excluding hydrogens is 529 g/mol. The molecule has 12 heteroatoms. The first-order valence-corrected chi connectivity index (χ1v) is 13.0. The van der Waals surface area contributed by atoms with Crippen LogP contribution < -0.4 is 9.64 Å². The minimum Gasteiger partial charge on any atom is -0.406 e. The number of aliphatic hydroxyl groups is 1. The normalized spacial score (nSPS) is 15.3. The van der Waals surface area contributed by atoms with Gasteiger partial charge in [0.15, 0.2) is 11.0 Å². The first kappa shape index (κ1) is 26.4. The van der Waals surface area contributed by atoms with E-state index in [0.717, 1.165) is 46.3 Å². The summed E-state index contributed by atoms with van der Waals surface area (Å²) in [6.45, 7) is 0.815. The maximum atomic E-state index is 12.4. The van der Waals surface area contributed by atoms with E-state index in [4.69, 9.17) is 0 Å². The third kappa shape index (κ3) is 6.84. The van der Waals surface area contributed by atoms with Gasteiger partial charge in [-0.3, -0.25) is 0 Å². The Hall–Kier alpha value is -4.16. The zero-order chi connectivity index (χ0) is 27.2. The second kappa shape index (κ2) is 11.7. The van der Waals surface area contributed by atoms with E-state index in [0.29, 0.717) is 11.5 Å². The molecule has 8 nitrogen and oxygen atoms in total. The molecule has 0 unspecified atom stereocenters. The fourth-order valence-electron chi connectivity index (χ4n) is 3.89. The van der Waals surface area contributed by atoms with Gasteiger partial charge in [0, 0.05) is 23.5 Å². The van der Waals surface area contributed by atoms with Crippen LogP contribution in [-0.4, -0.2) is 49.9 Å². The number of aromatic nitrogens is 3. The average Bonchev–Trinajstić information content (AvgIpc) is 3.44. The van der Waals surface area contributed by atoms with Crippen molar-refractivity contribution in [2.45, 2.75) is 19.4 Å². The Balaban J connectivity index is 1.25. The van der Waals surface area contributed by atoms with Crippen molar-refractivity contribution in [3.63, 3.8) is 0 Å². The van der Waals surface area contributed by atoms with Crippen molar-refractivity contribution in [3.05, 3.63) is 90.3 Å². The lowest BCUT2D eigenvalue weighted by Gasteiger charge is -2.29. The molecular formula is C27H23F3N6O2S. The van der Waals surface area contributed by atoms with Crippen LogP contribution in [0, 0.1) is 0 Å². The summed E-state index contributed by atoms with van der Waals surface area (Å²) in [5.74, 6) is 1.12. The highest BCUT2D eigenvalue weighted by Gasteiger charge is 2.31. The van der Waals surface area contributed by atoms with Gasteiger partial charge in [-0.05, 0) is 53.9 Å². The van der Waals surface area contributed by atoms with Gasteiger partial charge in [-0.1, -0.05) is 48.2 Å². The van der Waals surface area contributed by atoms with E-state index in [9.17, 15) is 18.3 Å². The van der Waals surface area contributed by atoms with Gasteiger partial charge >= 0.3 is 6.36 Å². The number of anilines is 1. The molecule has 1 fully saturated rings. The highest BCUT2D eigenvalue weighted by molar-refractivity contribution is 8.14. The monoisotopic (exact) mass is 552 g/mol. The number of amidine groups is 1. The van der Waals surface area contributed by atoms with Gasteiger partial charge in [0.1, 0.15) is 12.1 Å². The Kier molecular flexibility index (Phi) is 7.94. The van der Waals surface area contributed by atoms with Crippen LogP contribution in [0.2, 0.25) is 0 Å². The van der Waals surface area contributed by atoms with Crippen LogP contribution in [0.3, 0.4) is 0 Å². The summed E-state index contributed by atoms with van der Waals surface area (Å²) >= 11 is 1.64. The van der Waals surface area contributed by atoms with Crippen molar-refractivity contribution in [2.75, 3.05) is 17.2 Å². The number of rotatable bonds is 7. The van der Waals surface area contributed by atoms with Crippen LogP contribution in [0.5, 0.6) is 5.75 Å². The molecule has 1 aromatic heterocycles. The zero-order valence-electron chi connectivity index (χ0n) is 20.5. The third-order valence-electron chi connectivity index (χ3n) is 5.74. The molecule has 1 aliphatic heterocycles. The van der Waals surface area contributed by atoms with Crippen molar-refractivity contribution < 1.29 is 23.0 Å². The van der Waals surface area contributed by atoms with E-state index in [-0.39, 0.29) is 12.4 Å². The summed E-state index contributed by atoms with van der Waals surface area (Å²) in [5, 5.41) is 23.4. The Bertz CT molecular complexity index is 1470. The summed E-state index contributed by atoms with van der Waals surface area (Å²) in [7, 11) is 0. The molecule has 0 aliphatic carbocycles. The summed E-state index contributed by atoms with van der Waals surface area (Å²) < 4.78 is 42.5. The molecule has 0 bridgehead atoms. The van der Waals surface area contributed by atoms with Gasteiger partial charge in [0.25, 0.3) is 0 Å². The molecule has 0 amide bonds. The molecule has 3 aromatic carbocycles. The third-order valence-corrected chi connectivity index (χ3v) is 6.79. The van der Waals surface area contributed by atoms with Gasteiger partial charge in [-0.15, -0.1) is 23.4 Å². The molecule has 1 saturated heterocycles. The maximum absolute atomic E-state index is 12.4. The van der Waals surface area contributed by atoms with Crippen molar-refractivity contribution in [1.29, 1.82) is 0 Å².